The summed E-state index contributed by atoms with van der Waals surface area (Å²) in [6, 6.07) is 22.1. The van der Waals surface area contributed by atoms with E-state index < -0.39 is 23.8 Å². The molecule has 2 unspecified atom stereocenters. The van der Waals surface area contributed by atoms with Gasteiger partial charge in [0, 0.05) is 19.5 Å². The maximum absolute atomic E-state index is 14.7. The molecule has 3 aromatic rings. The molecule has 3 amide bonds. The number of rotatable bonds is 17. The highest BCUT2D eigenvalue weighted by Gasteiger charge is 2.36. The van der Waals surface area contributed by atoms with Crippen LogP contribution in [0.15, 0.2) is 78.9 Å². The quantitative estimate of drug-likeness (QED) is 0.131. The third-order valence-corrected chi connectivity index (χ3v) is 7.97. The SMILES string of the molecule is CCCCCCCCN(C(=O)C(Cc1ccc(O)cc1)NC(=O)OC(C)(C)C)C(C(=O)NCc1ccccc1)c1ccc(CC)cc1. The molecule has 0 aromatic heterocycles. The Morgan fingerprint density at radius 1 is 0.787 bits per heavy atom. The Morgan fingerprint density at radius 3 is 2.02 bits per heavy atom. The van der Waals surface area contributed by atoms with E-state index in [-0.39, 0.29) is 24.0 Å². The highest BCUT2D eigenvalue weighted by Crippen LogP contribution is 2.26. The lowest BCUT2D eigenvalue weighted by molar-refractivity contribution is -0.142. The smallest absolute Gasteiger partial charge is 0.408 e. The molecule has 0 heterocycles. The molecule has 0 radical (unpaired) electrons. The van der Waals surface area contributed by atoms with Crippen molar-refractivity contribution < 1.29 is 24.2 Å². The average molecular weight is 644 g/mol. The van der Waals surface area contributed by atoms with Crippen molar-refractivity contribution in [3.63, 3.8) is 0 Å². The van der Waals surface area contributed by atoms with Gasteiger partial charge in [-0.15, -0.1) is 0 Å². The van der Waals surface area contributed by atoms with E-state index in [1.807, 2.05) is 54.6 Å². The van der Waals surface area contributed by atoms with E-state index in [2.05, 4.69) is 24.5 Å². The molecule has 0 bridgehead atoms. The van der Waals surface area contributed by atoms with Crippen LogP contribution in [-0.4, -0.2) is 46.1 Å². The van der Waals surface area contributed by atoms with Gasteiger partial charge in [-0.05, 0) is 68.0 Å². The summed E-state index contributed by atoms with van der Waals surface area (Å²) in [5.74, 6) is -0.567. The number of carbonyl (C=O) groups excluding carboxylic acids is 3. The summed E-state index contributed by atoms with van der Waals surface area (Å²) in [6.45, 7) is 10.2. The van der Waals surface area contributed by atoms with Gasteiger partial charge < -0.3 is 25.4 Å². The molecule has 8 nitrogen and oxygen atoms in total. The highest BCUT2D eigenvalue weighted by molar-refractivity contribution is 5.92. The van der Waals surface area contributed by atoms with Crippen LogP contribution in [0.2, 0.25) is 0 Å². The third-order valence-electron chi connectivity index (χ3n) is 7.97. The lowest BCUT2D eigenvalue weighted by Crippen LogP contribution is -2.54. The number of hydrogen-bond donors (Lipinski definition) is 3. The average Bonchev–Trinajstić information content (AvgIpc) is 3.05. The van der Waals surface area contributed by atoms with E-state index in [1.54, 1.807) is 49.9 Å². The van der Waals surface area contributed by atoms with Gasteiger partial charge in [0.15, 0.2) is 0 Å². The maximum Gasteiger partial charge on any atom is 0.408 e. The van der Waals surface area contributed by atoms with Gasteiger partial charge in [-0.1, -0.05) is 113 Å². The summed E-state index contributed by atoms with van der Waals surface area (Å²) in [5, 5.41) is 15.7. The van der Waals surface area contributed by atoms with Gasteiger partial charge in [-0.25, -0.2) is 4.79 Å². The minimum Gasteiger partial charge on any atom is -0.508 e. The zero-order valence-corrected chi connectivity index (χ0v) is 28.8. The van der Waals surface area contributed by atoms with Crippen molar-refractivity contribution >= 4 is 17.9 Å². The van der Waals surface area contributed by atoms with E-state index in [0.717, 1.165) is 55.2 Å². The Labute approximate surface area is 280 Å². The van der Waals surface area contributed by atoms with E-state index in [1.165, 1.54) is 0 Å². The number of alkyl carbamates (subject to hydrolysis) is 1. The van der Waals surface area contributed by atoms with Crippen LogP contribution >= 0.6 is 0 Å². The fraction of sp³-hybridized carbons (Fsp3) is 0.462. The number of nitrogens with zero attached hydrogens (tertiary/aromatic N) is 1. The minimum atomic E-state index is -1.02. The first-order valence-electron chi connectivity index (χ1n) is 17.0. The first-order valence-corrected chi connectivity index (χ1v) is 17.0. The number of nitrogens with one attached hydrogen (secondary N) is 2. The lowest BCUT2D eigenvalue weighted by Gasteiger charge is -2.35. The van der Waals surface area contributed by atoms with Gasteiger partial charge in [-0.3, -0.25) is 9.59 Å². The molecule has 3 N–H and O–H groups in total. The molecule has 0 saturated carbocycles. The van der Waals surface area contributed by atoms with Crippen LogP contribution in [0.5, 0.6) is 5.75 Å². The summed E-state index contributed by atoms with van der Waals surface area (Å²) in [5.41, 5.74) is 2.76. The molecule has 2 atom stereocenters. The van der Waals surface area contributed by atoms with E-state index in [0.29, 0.717) is 25.1 Å². The number of aryl methyl sites for hydroxylation is 1. The van der Waals surface area contributed by atoms with Crippen LogP contribution in [-0.2, 0) is 33.7 Å². The van der Waals surface area contributed by atoms with Crippen molar-refractivity contribution in [2.75, 3.05) is 6.54 Å². The first-order chi connectivity index (χ1) is 22.5. The molecule has 254 valence electrons. The Morgan fingerprint density at radius 2 is 1.40 bits per heavy atom. The monoisotopic (exact) mass is 643 g/mol. The van der Waals surface area contributed by atoms with E-state index in [9.17, 15) is 19.5 Å². The Hall–Kier alpha value is -4.33. The number of unbranched alkanes of at least 4 members (excludes halogenated alkanes) is 5. The predicted molar refractivity (Wildman–Crippen MR) is 187 cm³/mol. The van der Waals surface area contributed by atoms with Crippen LogP contribution in [0.1, 0.15) is 101 Å². The lowest BCUT2D eigenvalue weighted by atomic mass is 9.98. The van der Waals surface area contributed by atoms with E-state index in [4.69, 9.17) is 4.74 Å². The summed E-state index contributed by atoms with van der Waals surface area (Å²) < 4.78 is 5.56. The van der Waals surface area contributed by atoms with Crippen molar-refractivity contribution in [3.8, 4) is 5.75 Å². The second kappa shape index (κ2) is 18.7. The van der Waals surface area contributed by atoms with Crippen molar-refractivity contribution in [2.45, 2.75) is 110 Å². The Bertz CT molecular complexity index is 1380. The standard InChI is InChI=1S/C39H53N3O5/c1-6-8-9-10-11-15-26-42(37(45)34(41-38(46)47-39(3,4)5)27-30-20-24-33(43)25-21-30)35(32-22-18-29(7-2)19-23-32)36(44)40-28-31-16-13-12-14-17-31/h12-14,16-25,34-35,43H,6-11,15,26-28H2,1-5H3,(H,40,44)(H,41,46). The zero-order chi connectivity index (χ0) is 34.2. The van der Waals surface area contributed by atoms with Crippen LogP contribution in [0, 0.1) is 0 Å². The molecule has 0 aliphatic heterocycles. The second-order valence-corrected chi connectivity index (χ2v) is 13.1. The summed E-state index contributed by atoms with van der Waals surface area (Å²) in [6.07, 6.45) is 6.36. The van der Waals surface area contributed by atoms with Crippen LogP contribution in [0.4, 0.5) is 4.79 Å². The Kier molecular flexibility index (Phi) is 14.8. The second-order valence-electron chi connectivity index (χ2n) is 13.1. The van der Waals surface area contributed by atoms with Gasteiger partial charge in [0.1, 0.15) is 23.4 Å². The number of amides is 3. The van der Waals surface area contributed by atoms with Gasteiger partial charge >= 0.3 is 6.09 Å². The fourth-order valence-electron chi connectivity index (χ4n) is 5.44. The number of benzene rings is 3. The molecule has 0 saturated heterocycles. The third kappa shape index (κ3) is 12.8. The van der Waals surface area contributed by atoms with Gasteiger partial charge in [-0.2, -0.15) is 0 Å². The summed E-state index contributed by atoms with van der Waals surface area (Å²) in [7, 11) is 0. The number of aromatic hydroxyl groups is 1. The van der Waals surface area contributed by atoms with Crippen molar-refractivity contribution in [3.05, 3.63) is 101 Å². The summed E-state index contributed by atoms with van der Waals surface area (Å²) >= 11 is 0. The number of carbonyl (C=O) groups is 3. The van der Waals surface area contributed by atoms with Crippen molar-refractivity contribution in [1.82, 2.24) is 15.5 Å². The van der Waals surface area contributed by atoms with E-state index >= 15 is 0 Å². The van der Waals surface area contributed by atoms with Gasteiger partial charge in [0.25, 0.3) is 0 Å². The molecule has 8 heteroatoms. The predicted octanol–water partition coefficient (Wildman–Crippen LogP) is 7.64. The molecular weight excluding hydrogens is 590 g/mol. The molecular formula is C39H53N3O5. The number of phenols is 1. The molecule has 47 heavy (non-hydrogen) atoms. The number of hydrogen-bond acceptors (Lipinski definition) is 5. The molecule has 0 aliphatic carbocycles. The highest BCUT2D eigenvalue weighted by atomic mass is 16.6. The normalized spacial score (nSPS) is 12.5. The number of ether oxygens (including phenoxy) is 1. The van der Waals surface area contributed by atoms with Gasteiger partial charge in [0.05, 0.1) is 0 Å². The number of phenolic OH excluding ortho intramolecular Hbond substituents is 1. The van der Waals surface area contributed by atoms with Crippen LogP contribution in [0.3, 0.4) is 0 Å². The minimum absolute atomic E-state index is 0.104. The van der Waals surface area contributed by atoms with Crippen molar-refractivity contribution in [2.24, 2.45) is 0 Å². The van der Waals surface area contributed by atoms with Crippen molar-refractivity contribution in [1.29, 1.82) is 0 Å². The topological polar surface area (TPSA) is 108 Å². The molecule has 0 aliphatic rings. The van der Waals surface area contributed by atoms with Gasteiger partial charge in [0.2, 0.25) is 11.8 Å². The van der Waals surface area contributed by atoms with Crippen LogP contribution in [0.25, 0.3) is 0 Å². The Balaban J connectivity index is 2.02. The molecule has 0 fully saturated rings. The zero-order valence-electron chi connectivity index (χ0n) is 28.8. The maximum atomic E-state index is 14.7. The first kappa shape index (κ1) is 37.1. The molecule has 3 rings (SSSR count). The molecule has 3 aromatic carbocycles. The molecule has 0 spiro atoms. The largest absolute Gasteiger partial charge is 0.508 e. The summed E-state index contributed by atoms with van der Waals surface area (Å²) in [4.78, 5) is 43.6. The fourth-order valence-corrected chi connectivity index (χ4v) is 5.44. The van der Waals surface area contributed by atoms with Crippen LogP contribution < -0.4 is 10.6 Å².